The number of allylic oxidation sites excluding steroid dienone is 1. The van der Waals surface area contributed by atoms with Crippen molar-refractivity contribution in [1.82, 2.24) is 36.4 Å². The topological polar surface area (TPSA) is 336 Å². The van der Waals surface area contributed by atoms with Gasteiger partial charge in [0.1, 0.15) is 66.5 Å². The Kier molecular flexibility index (Phi) is 21.3. The number of benzene rings is 2. The Morgan fingerprint density at radius 2 is 1.51 bits per heavy atom. The number of nitrogens with two attached hydrogens (primary N) is 1. The third kappa shape index (κ3) is 16.0. The van der Waals surface area contributed by atoms with E-state index in [1.165, 1.54) is 43.1 Å². The molecular weight excluding hydrogens is 973 g/mol. The number of nitrogens with zero attached hydrogens (tertiary/aromatic N) is 2. The van der Waals surface area contributed by atoms with Crippen LogP contribution < -0.4 is 32.3 Å². The number of aliphatic hydroxyl groups excluding tert-OH is 3. The van der Waals surface area contributed by atoms with Crippen LogP contribution in [0.1, 0.15) is 97.1 Å². The maximum atomic E-state index is 14.9. The van der Waals surface area contributed by atoms with Crippen molar-refractivity contribution in [3.63, 3.8) is 0 Å². The highest BCUT2D eigenvalue weighted by Gasteiger charge is 2.47. The largest absolute Gasteiger partial charge is 0.508 e. The number of aliphatic hydroxyl groups is 3. The van der Waals surface area contributed by atoms with Crippen LogP contribution in [0.2, 0.25) is 0 Å². The standard InChI is InChI=1S/C53H74N8O14/c1-7-29(4)43-53(74)75-30(5)44(59-46(67)36(21-23-41(54)65)55-49(70)40(64)27-33-15-19-35(63)20-16-33)50(71)57-38(25-32-13-17-34(62)18-14-32)47(68)56-37-22-24-42(66)61(51(37)72)45(28(2)3)52(73)60(6)39(48(69)58-43)26-31-11-9-8-10-12-31/h8-13,15-17,19-20,28-30,32,34,36-40,42-45,62-64,66H,7,14,18,21-27H2,1-6H3,(H2,54,65)(H,55,70)(H,56,68)(H,57,71)(H,58,69)(H,59,67)/t29-,30-,32?,34?,36+,37-,38-,39-,40?,42+,43-,44-,45-/m0/s1. The van der Waals surface area contributed by atoms with Gasteiger partial charge in [0.2, 0.25) is 47.3 Å². The van der Waals surface area contributed by atoms with Gasteiger partial charge in [-0.1, -0.05) is 88.7 Å². The van der Waals surface area contributed by atoms with Crippen molar-refractivity contribution in [2.24, 2.45) is 23.5 Å². The van der Waals surface area contributed by atoms with Gasteiger partial charge in [0, 0.05) is 26.3 Å². The lowest BCUT2D eigenvalue weighted by Gasteiger charge is -2.44. The Bertz CT molecular complexity index is 2390. The van der Waals surface area contributed by atoms with Gasteiger partial charge in [-0.15, -0.1) is 0 Å². The number of primary amides is 1. The lowest BCUT2D eigenvalue weighted by atomic mass is 9.88. The minimum absolute atomic E-state index is 0.0539. The minimum atomic E-state index is -1.88. The molecule has 22 nitrogen and oxygen atoms in total. The highest BCUT2D eigenvalue weighted by Crippen LogP contribution is 2.28. The molecule has 22 heteroatoms. The molecule has 1 aliphatic carbocycles. The van der Waals surface area contributed by atoms with Crippen LogP contribution in [-0.4, -0.2) is 157 Å². The zero-order chi connectivity index (χ0) is 55.3. The van der Waals surface area contributed by atoms with Gasteiger partial charge in [0.05, 0.1) is 6.10 Å². The van der Waals surface area contributed by atoms with Crippen LogP contribution in [0.4, 0.5) is 0 Å². The molecule has 0 radical (unpaired) electrons. The molecule has 0 saturated carbocycles. The summed E-state index contributed by atoms with van der Waals surface area (Å²) < 4.78 is 5.96. The average molecular weight is 1050 g/mol. The van der Waals surface area contributed by atoms with Crippen molar-refractivity contribution in [2.45, 2.75) is 166 Å². The molecule has 2 fully saturated rings. The van der Waals surface area contributed by atoms with E-state index in [0.717, 1.165) is 4.90 Å². The number of cyclic esters (lactones) is 1. The Morgan fingerprint density at radius 1 is 0.827 bits per heavy atom. The number of aromatic hydroxyl groups is 1. The molecule has 3 unspecified atom stereocenters. The van der Waals surface area contributed by atoms with E-state index in [9.17, 15) is 63.6 Å². The van der Waals surface area contributed by atoms with Crippen molar-refractivity contribution in [3.05, 3.63) is 77.9 Å². The van der Waals surface area contributed by atoms with Gasteiger partial charge in [0.15, 0.2) is 0 Å². The molecule has 75 heavy (non-hydrogen) atoms. The summed E-state index contributed by atoms with van der Waals surface area (Å²) in [6.45, 7) is 8.03. The number of ether oxygens (including phenoxy) is 1. The number of fused-ring (bicyclic) bond motifs is 2. The first-order valence-electron chi connectivity index (χ1n) is 25.6. The van der Waals surface area contributed by atoms with Gasteiger partial charge in [0.25, 0.3) is 0 Å². The van der Waals surface area contributed by atoms with E-state index >= 15 is 0 Å². The predicted octanol–water partition coefficient (Wildman–Crippen LogP) is -0.271. The molecule has 2 saturated heterocycles. The summed E-state index contributed by atoms with van der Waals surface area (Å²) >= 11 is 0. The fourth-order valence-electron chi connectivity index (χ4n) is 9.48. The second-order valence-corrected chi connectivity index (χ2v) is 20.2. The van der Waals surface area contributed by atoms with Crippen molar-refractivity contribution >= 4 is 53.2 Å². The fraction of sp³-hybridized carbons (Fsp3) is 0.566. The number of piperidine rings is 1. The third-order valence-corrected chi connectivity index (χ3v) is 14.2. The van der Waals surface area contributed by atoms with Crippen LogP contribution in [0, 0.1) is 17.8 Å². The van der Waals surface area contributed by atoms with Gasteiger partial charge in [-0.2, -0.15) is 0 Å². The molecule has 0 aromatic heterocycles. The van der Waals surface area contributed by atoms with E-state index in [1.54, 1.807) is 70.2 Å². The second kappa shape index (κ2) is 27.0. The number of hydrogen-bond acceptors (Lipinski definition) is 14. The van der Waals surface area contributed by atoms with Crippen LogP contribution >= 0.6 is 0 Å². The van der Waals surface area contributed by atoms with Crippen molar-refractivity contribution in [1.29, 1.82) is 0 Å². The smallest absolute Gasteiger partial charge is 0.329 e. The number of phenolic OH excluding ortho intramolecular Hbond substituents is 1. The summed E-state index contributed by atoms with van der Waals surface area (Å²) in [5, 5.41) is 55.3. The molecule has 2 aromatic carbocycles. The number of rotatable bonds is 16. The number of likely N-dealkylation sites (N-methyl/N-ethyl adjacent to an activating group) is 1. The van der Waals surface area contributed by atoms with Crippen molar-refractivity contribution < 1.29 is 68.3 Å². The fourth-order valence-corrected chi connectivity index (χ4v) is 9.48. The summed E-state index contributed by atoms with van der Waals surface area (Å²) in [6, 6.07) is 4.02. The Labute approximate surface area is 436 Å². The third-order valence-electron chi connectivity index (χ3n) is 14.2. The molecule has 2 aliphatic heterocycles. The highest BCUT2D eigenvalue weighted by atomic mass is 16.5. The Balaban J connectivity index is 1.59. The molecule has 8 amide bonds. The lowest BCUT2D eigenvalue weighted by Crippen LogP contribution is -2.66. The number of carbonyl (C=O) groups excluding carboxylic acids is 9. The van der Waals surface area contributed by atoms with Crippen LogP contribution in [0.5, 0.6) is 5.75 Å². The van der Waals surface area contributed by atoms with Gasteiger partial charge in [-0.3, -0.25) is 38.4 Å². The average Bonchev–Trinajstić information content (AvgIpc) is 3.37. The summed E-state index contributed by atoms with van der Waals surface area (Å²) in [6.07, 6.45) is -2.76. The Morgan fingerprint density at radius 3 is 2.12 bits per heavy atom. The summed E-state index contributed by atoms with van der Waals surface area (Å²) in [5.74, 6) is -10.0. The normalized spacial score (nSPS) is 27.5. The summed E-state index contributed by atoms with van der Waals surface area (Å²) in [5.41, 5.74) is 6.53. The van der Waals surface area contributed by atoms with Gasteiger partial charge in [-0.05, 0) is 86.5 Å². The SMILES string of the molecule is CC[C@H](C)[C@@H]1NC(=O)[C@H](Cc2ccccc2)N(C)C(=O)[C@H](C(C)C)N2C(=O)[C@H](CC[C@H]2O)NC(=O)[C@H](CC2C=CC(O)CC2)NC(=O)[C@@H](NC(=O)[C@@H](CCC(N)=O)NC(=O)C(O)Cc2ccc(O)cc2)[C@H](C)OC1=O. The second-order valence-electron chi connectivity index (χ2n) is 20.2. The van der Waals surface area contributed by atoms with Crippen LogP contribution in [0.3, 0.4) is 0 Å². The van der Waals surface area contributed by atoms with Crippen LogP contribution in [0.15, 0.2) is 66.7 Å². The van der Waals surface area contributed by atoms with Gasteiger partial charge < -0.3 is 67.3 Å². The molecule has 11 N–H and O–H groups in total. The summed E-state index contributed by atoms with van der Waals surface area (Å²) in [4.78, 5) is 130. The van der Waals surface area contributed by atoms with Crippen LogP contribution in [0.25, 0.3) is 0 Å². The maximum Gasteiger partial charge on any atom is 0.329 e. The lowest BCUT2D eigenvalue weighted by molar-refractivity contribution is -0.167. The molecule has 410 valence electrons. The number of carbonyl (C=O) groups is 9. The number of nitrogens with one attached hydrogen (secondary N) is 5. The molecule has 3 aliphatic rings. The molecule has 13 atom stereocenters. The molecule has 2 aromatic rings. The van der Waals surface area contributed by atoms with Gasteiger partial charge in [-0.25, -0.2) is 4.79 Å². The van der Waals surface area contributed by atoms with E-state index in [0.29, 0.717) is 30.4 Å². The van der Waals surface area contributed by atoms with E-state index in [4.69, 9.17) is 10.5 Å². The van der Waals surface area contributed by atoms with Gasteiger partial charge >= 0.3 is 5.97 Å². The van der Waals surface area contributed by atoms with Crippen molar-refractivity contribution in [3.8, 4) is 5.75 Å². The monoisotopic (exact) mass is 1050 g/mol. The first-order chi connectivity index (χ1) is 35.5. The Hall–Kier alpha value is -6.91. The summed E-state index contributed by atoms with van der Waals surface area (Å²) in [7, 11) is 1.38. The first-order valence-corrected chi connectivity index (χ1v) is 25.6. The highest BCUT2D eigenvalue weighted by molar-refractivity contribution is 5.98. The number of amides is 8. The number of phenols is 1. The first kappa shape index (κ1) is 59.0. The minimum Gasteiger partial charge on any atom is -0.508 e. The number of hydrogen-bond donors (Lipinski definition) is 10. The molecule has 2 bridgehead atoms. The van der Waals surface area contributed by atoms with E-state index in [1.807, 2.05) is 0 Å². The maximum absolute atomic E-state index is 14.9. The van der Waals surface area contributed by atoms with Crippen LogP contribution in [-0.2, 0) is 60.7 Å². The van der Waals surface area contributed by atoms with E-state index in [2.05, 4.69) is 26.6 Å². The van der Waals surface area contributed by atoms with E-state index in [-0.39, 0.29) is 37.9 Å². The zero-order valence-electron chi connectivity index (χ0n) is 43.3. The van der Waals surface area contributed by atoms with E-state index < -0.39 is 151 Å². The number of esters is 1. The zero-order valence-corrected chi connectivity index (χ0v) is 43.3. The molecule has 2 heterocycles. The molecular formula is C53H74N8O14. The molecule has 5 rings (SSSR count). The predicted molar refractivity (Wildman–Crippen MR) is 271 cm³/mol. The quantitative estimate of drug-likeness (QED) is 0.0765. The van der Waals surface area contributed by atoms with Crippen molar-refractivity contribution in [2.75, 3.05) is 7.05 Å². The molecule has 0 spiro atoms.